The van der Waals surface area contributed by atoms with Gasteiger partial charge >= 0.3 is 0 Å². The van der Waals surface area contributed by atoms with E-state index in [1.807, 2.05) is 32.0 Å². The predicted octanol–water partition coefficient (Wildman–Crippen LogP) is 2.69. The third kappa shape index (κ3) is 2.13. The van der Waals surface area contributed by atoms with Crippen LogP contribution in [0.25, 0.3) is 0 Å². The van der Waals surface area contributed by atoms with Crippen LogP contribution in [0, 0.1) is 20.0 Å². The highest BCUT2D eigenvalue weighted by molar-refractivity contribution is 5.41. The summed E-state index contributed by atoms with van der Waals surface area (Å²) in [4.78, 5) is 0. The standard InChI is InChI=1S/C12H11N2O/c1-9-5-3-6-10(2)12(9)15-11-7-4-8-13-14-11/h3-7H,1-2H3. The van der Waals surface area contributed by atoms with Crippen molar-refractivity contribution in [2.45, 2.75) is 13.8 Å². The van der Waals surface area contributed by atoms with Gasteiger partial charge in [-0.25, -0.2) is 0 Å². The van der Waals surface area contributed by atoms with Crippen LogP contribution in [0.15, 0.2) is 30.3 Å². The summed E-state index contributed by atoms with van der Waals surface area (Å²) in [7, 11) is 0. The van der Waals surface area contributed by atoms with Crippen LogP contribution in [0.4, 0.5) is 0 Å². The minimum Gasteiger partial charge on any atom is -0.437 e. The van der Waals surface area contributed by atoms with Gasteiger partial charge in [0.1, 0.15) is 11.9 Å². The Balaban J connectivity index is 2.32. The lowest BCUT2D eigenvalue weighted by Gasteiger charge is -2.09. The molecule has 3 nitrogen and oxygen atoms in total. The molecule has 0 aliphatic rings. The van der Waals surface area contributed by atoms with Crippen molar-refractivity contribution >= 4 is 0 Å². The maximum atomic E-state index is 5.65. The fourth-order valence-electron chi connectivity index (χ4n) is 1.37. The van der Waals surface area contributed by atoms with E-state index in [1.54, 1.807) is 12.1 Å². The summed E-state index contributed by atoms with van der Waals surface area (Å²) >= 11 is 0. The first-order valence-electron chi connectivity index (χ1n) is 4.71. The molecule has 1 heterocycles. The van der Waals surface area contributed by atoms with Crippen molar-refractivity contribution in [1.82, 2.24) is 10.2 Å². The van der Waals surface area contributed by atoms with E-state index in [2.05, 4.69) is 16.4 Å². The Morgan fingerprint density at radius 1 is 1.13 bits per heavy atom. The van der Waals surface area contributed by atoms with Crippen LogP contribution < -0.4 is 4.74 Å². The Labute approximate surface area is 88.7 Å². The van der Waals surface area contributed by atoms with Crippen LogP contribution in [0.3, 0.4) is 0 Å². The van der Waals surface area contributed by atoms with E-state index in [9.17, 15) is 0 Å². The van der Waals surface area contributed by atoms with E-state index in [0.717, 1.165) is 16.9 Å². The van der Waals surface area contributed by atoms with Gasteiger partial charge in [0.05, 0.1) is 0 Å². The van der Waals surface area contributed by atoms with E-state index in [-0.39, 0.29) is 0 Å². The molecule has 15 heavy (non-hydrogen) atoms. The summed E-state index contributed by atoms with van der Waals surface area (Å²) in [5.74, 6) is 1.34. The highest BCUT2D eigenvalue weighted by atomic mass is 16.5. The quantitative estimate of drug-likeness (QED) is 0.745. The number of ether oxygens (including phenoxy) is 1. The molecule has 2 aromatic rings. The zero-order valence-electron chi connectivity index (χ0n) is 8.69. The molecule has 75 valence electrons. The maximum Gasteiger partial charge on any atom is 0.238 e. The molecular weight excluding hydrogens is 188 g/mol. The first kappa shape index (κ1) is 9.65. The van der Waals surface area contributed by atoms with Crippen molar-refractivity contribution < 1.29 is 4.74 Å². The van der Waals surface area contributed by atoms with Gasteiger partial charge in [-0.2, -0.15) is 0 Å². The summed E-state index contributed by atoms with van der Waals surface area (Å²) in [5, 5.41) is 7.47. The van der Waals surface area contributed by atoms with Gasteiger partial charge in [-0.3, -0.25) is 0 Å². The average Bonchev–Trinajstić information content (AvgIpc) is 2.25. The zero-order valence-corrected chi connectivity index (χ0v) is 8.69. The van der Waals surface area contributed by atoms with Gasteiger partial charge in [0.2, 0.25) is 5.88 Å². The van der Waals surface area contributed by atoms with Crippen molar-refractivity contribution in [3.8, 4) is 11.6 Å². The minimum absolute atomic E-state index is 0.492. The topological polar surface area (TPSA) is 35.0 Å². The van der Waals surface area contributed by atoms with E-state index < -0.39 is 0 Å². The lowest BCUT2D eigenvalue weighted by atomic mass is 10.1. The smallest absolute Gasteiger partial charge is 0.238 e. The van der Waals surface area contributed by atoms with Crippen LogP contribution in [-0.4, -0.2) is 10.2 Å². The van der Waals surface area contributed by atoms with Gasteiger partial charge in [-0.1, -0.05) is 18.2 Å². The van der Waals surface area contributed by atoms with Gasteiger partial charge in [0.25, 0.3) is 0 Å². The molecule has 3 heteroatoms. The minimum atomic E-state index is 0.492. The highest BCUT2D eigenvalue weighted by Gasteiger charge is 2.04. The van der Waals surface area contributed by atoms with Gasteiger partial charge in [0.15, 0.2) is 0 Å². The Kier molecular flexibility index (Phi) is 2.63. The molecule has 1 aromatic heterocycles. The molecule has 1 aromatic carbocycles. The van der Waals surface area contributed by atoms with Crippen LogP contribution >= 0.6 is 0 Å². The second kappa shape index (κ2) is 4.09. The molecule has 0 fully saturated rings. The molecule has 0 atom stereocenters. The van der Waals surface area contributed by atoms with Gasteiger partial charge in [-0.15, -0.1) is 10.2 Å². The normalized spacial score (nSPS) is 10.0. The maximum absolute atomic E-state index is 5.65. The van der Waals surface area contributed by atoms with Crippen molar-refractivity contribution in [1.29, 1.82) is 0 Å². The molecule has 0 bridgehead atoms. The molecule has 0 unspecified atom stereocenters. The SMILES string of the molecule is Cc1cccc(C)c1Oc1cc[c]nn1. The predicted molar refractivity (Wildman–Crippen MR) is 56.9 cm³/mol. The first-order chi connectivity index (χ1) is 7.27. The summed E-state index contributed by atoms with van der Waals surface area (Å²) < 4.78 is 5.65. The lowest BCUT2D eigenvalue weighted by Crippen LogP contribution is -1.93. The van der Waals surface area contributed by atoms with E-state index in [0.29, 0.717) is 5.88 Å². The number of para-hydroxylation sites is 1. The molecular formula is C12H11N2O. The highest BCUT2D eigenvalue weighted by Crippen LogP contribution is 2.26. The van der Waals surface area contributed by atoms with E-state index >= 15 is 0 Å². The molecule has 0 amide bonds. The van der Waals surface area contributed by atoms with Crippen LogP contribution in [0.1, 0.15) is 11.1 Å². The Bertz CT molecular complexity index is 434. The molecule has 0 aliphatic carbocycles. The summed E-state index contributed by atoms with van der Waals surface area (Å²) in [6.07, 6.45) is 2.61. The summed E-state index contributed by atoms with van der Waals surface area (Å²) in [6, 6.07) is 9.42. The fourth-order valence-corrected chi connectivity index (χ4v) is 1.37. The van der Waals surface area contributed by atoms with Gasteiger partial charge in [0, 0.05) is 6.07 Å². The van der Waals surface area contributed by atoms with Crippen molar-refractivity contribution in [2.24, 2.45) is 0 Å². The first-order valence-corrected chi connectivity index (χ1v) is 4.71. The van der Waals surface area contributed by atoms with Crippen molar-refractivity contribution in [2.75, 3.05) is 0 Å². The molecule has 0 spiro atoms. The number of aryl methyl sites for hydroxylation is 2. The number of hydrogen-bond donors (Lipinski definition) is 0. The van der Waals surface area contributed by atoms with E-state index in [1.165, 1.54) is 0 Å². The molecule has 0 saturated carbocycles. The van der Waals surface area contributed by atoms with Crippen LogP contribution in [-0.2, 0) is 0 Å². The molecule has 0 saturated heterocycles. The number of aromatic nitrogens is 2. The van der Waals surface area contributed by atoms with Crippen LogP contribution in [0.5, 0.6) is 11.6 Å². The molecule has 2 rings (SSSR count). The zero-order chi connectivity index (χ0) is 10.7. The number of hydrogen-bond acceptors (Lipinski definition) is 3. The monoisotopic (exact) mass is 199 g/mol. The van der Waals surface area contributed by atoms with Crippen molar-refractivity contribution in [3.05, 3.63) is 47.7 Å². The van der Waals surface area contributed by atoms with Gasteiger partial charge in [-0.05, 0) is 31.0 Å². The number of rotatable bonds is 2. The van der Waals surface area contributed by atoms with Crippen LogP contribution in [0.2, 0.25) is 0 Å². The Hall–Kier alpha value is -1.90. The Morgan fingerprint density at radius 3 is 2.47 bits per heavy atom. The largest absolute Gasteiger partial charge is 0.437 e. The van der Waals surface area contributed by atoms with E-state index in [4.69, 9.17) is 4.74 Å². The number of nitrogens with zero attached hydrogens (tertiary/aromatic N) is 2. The van der Waals surface area contributed by atoms with Gasteiger partial charge < -0.3 is 4.74 Å². The summed E-state index contributed by atoms with van der Waals surface area (Å²) in [6.45, 7) is 4.01. The average molecular weight is 199 g/mol. The molecule has 0 N–H and O–H groups in total. The number of benzene rings is 1. The molecule has 0 aliphatic heterocycles. The summed E-state index contributed by atoms with van der Waals surface area (Å²) in [5.41, 5.74) is 2.18. The fraction of sp³-hybridized carbons (Fsp3) is 0.167. The third-order valence-electron chi connectivity index (χ3n) is 2.12. The second-order valence-electron chi connectivity index (χ2n) is 3.32. The third-order valence-corrected chi connectivity index (χ3v) is 2.12. The second-order valence-corrected chi connectivity index (χ2v) is 3.32. The Morgan fingerprint density at radius 2 is 1.87 bits per heavy atom. The lowest BCUT2D eigenvalue weighted by molar-refractivity contribution is 0.448. The van der Waals surface area contributed by atoms with Crippen molar-refractivity contribution in [3.63, 3.8) is 0 Å². The molecule has 1 radical (unpaired) electrons.